The average Bonchev–Trinajstić information content (AvgIpc) is 2.89. The molecular weight excluding hydrogens is 436 g/mol. The number of benzene rings is 3. The number of carbonyl (C=O) groups is 2. The summed E-state index contributed by atoms with van der Waals surface area (Å²) < 4.78 is 0. The van der Waals surface area contributed by atoms with Crippen LogP contribution in [0.2, 0.25) is 0 Å². The van der Waals surface area contributed by atoms with E-state index in [4.69, 9.17) is 0 Å². The highest BCUT2D eigenvalue weighted by Crippen LogP contribution is 2.23. The zero-order valence-corrected chi connectivity index (χ0v) is 20.8. The van der Waals surface area contributed by atoms with E-state index in [0.29, 0.717) is 12.1 Å². The van der Waals surface area contributed by atoms with E-state index in [-0.39, 0.29) is 17.9 Å². The highest BCUT2D eigenvalue weighted by molar-refractivity contribution is 6.04. The van der Waals surface area contributed by atoms with Crippen molar-refractivity contribution in [2.75, 3.05) is 50.0 Å². The molecule has 0 aromatic heterocycles. The van der Waals surface area contributed by atoms with Crippen LogP contribution in [0.4, 0.5) is 11.4 Å². The fourth-order valence-electron chi connectivity index (χ4n) is 4.41. The first-order valence-electron chi connectivity index (χ1n) is 12.2. The molecule has 2 amide bonds. The van der Waals surface area contributed by atoms with Gasteiger partial charge in [-0.3, -0.25) is 14.5 Å². The van der Waals surface area contributed by atoms with Crippen molar-refractivity contribution in [3.63, 3.8) is 0 Å². The van der Waals surface area contributed by atoms with Gasteiger partial charge in [0.25, 0.3) is 5.91 Å². The first kappa shape index (κ1) is 24.5. The van der Waals surface area contributed by atoms with Crippen LogP contribution in [-0.4, -0.2) is 61.4 Å². The zero-order chi connectivity index (χ0) is 24.8. The van der Waals surface area contributed by atoms with E-state index in [1.54, 1.807) is 12.1 Å². The second kappa shape index (κ2) is 11.2. The van der Waals surface area contributed by atoms with Gasteiger partial charge in [0.05, 0.1) is 6.54 Å². The Bertz CT molecular complexity index is 1160. The normalized spacial score (nSPS) is 14.6. The molecule has 0 spiro atoms. The van der Waals surface area contributed by atoms with Crippen molar-refractivity contribution in [3.05, 3.63) is 95.6 Å². The first-order valence-corrected chi connectivity index (χ1v) is 12.2. The van der Waals surface area contributed by atoms with Gasteiger partial charge in [0.15, 0.2) is 0 Å². The molecule has 182 valence electrons. The fraction of sp³-hybridized carbons (Fsp3) is 0.310. The molecule has 1 atom stereocenters. The summed E-state index contributed by atoms with van der Waals surface area (Å²) in [6.07, 6.45) is 0. The van der Waals surface area contributed by atoms with Gasteiger partial charge in [-0.2, -0.15) is 0 Å². The van der Waals surface area contributed by atoms with Crippen LogP contribution in [0.3, 0.4) is 0 Å². The predicted molar refractivity (Wildman–Crippen MR) is 142 cm³/mol. The van der Waals surface area contributed by atoms with Crippen molar-refractivity contribution in [1.29, 1.82) is 0 Å². The van der Waals surface area contributed by atoms with Gasteiger partial charge in [0.2, 0.25) is 5.91 Å². The monoisotopic (exact) mass is 470 g/mol. The molecule has 1 fully saturated rings. The Morgan fingerprint density at radius 1 is 0.914 bits per heavy atom. The number of carbonyl (C=O) groups excluding carboxylic acids is 2. The topological polar surface area (TPSA) is 55.9 Å². The van der Waals surface area contributed by atoms with Gasteiger partial charge in [0.1, 0.15) is 0 Å². The van der Waals surface area contributed by atoms with Crippen LogP contribution in [-0.2, 0) is 4.79 Å². The smallest absolute Gasteiger partial charge is 0.255 e. The number of anilines is 2. The van der Waals surface area contributed by atoms with E-state index in [1.807, 2.05) is 54.4 Å². The largest absolute Gasteiger partial charge is 0.368 e. The second-order valence-corrected chi connectivity index (χ2v) is 9.24. The summed E-state index contributed by atoms with van der Waals surface area (Å²) in [5.74, 6) is 0.0144. The Morgan fingerprint density at radius 2 is 1.63 bits per heavy atom. The maximum Gasteiger partial charge on any atom is 0.255 e. The Labute approximate surface area is 208 Å². The van der Waals surface area contributed by atoms with E-state index < -0.39 is 0 Å². The van der Waals surface area contributed by atoms with Crippen LogP contribution in [0.5, 0.6) is 0 Å². The molecule has 0 radical (unpaired) electrons. The number of likely N-dealkylation sites (N-methyl/N-ethyl adjacent to an activating group) is 1. The zero-order valence-electron chi connectivity index (χ0n) is 20.8. The number of amides is 2. The van der Waals surface area contributed by atoms with Crippen LogP contribution in [0.15, 0.2) is 78.9 Å². The third-order valence-electron chi connectivity index (χ3n) is 6.71. The average molecular weight is 471 g/mol. The third kappa shape index (κ3) is 6.28. The van der Waals surface area contributed by atoms with Crippen LogP contribution >= 0.6 is 0 Å². The molecule has 3 aromatic carbocycles. The van der Waals surface area contributed by atoms with Crippen LogP contribution in [0, 0.1) is 6.92 Å². The summed E-state index contributed by atoms with van der Waals surface area (Å²) in [6.45, 7) is 7.70. The molecule has 6 heteroatoms. The summed E-state index contributed by atoms with van der Waals surface area (Å²) in [5.41, 5.74) is 4.89. The Kier molecular flexibility index (Phi) is 7.83. The Morgan fingerprint density at radius 3 is 2.34 bits per heavy atom. The lowest BCUT2D eigenvalue weighted by Gasteiger charge is -2.37. The summed E-state index contributed by atoms with van der Waals surface area (Å²) in [7, 11) is 1.97. The number of nitrogens with one attached hydrogen (secondary N) is 1. The molecule has 6 nitrogen and oxygen atoms in total. The van der Waals surface area contributed by atoms with Crippen molar-refractivity contribution in [2.45, 2.75) is 19.9 Å². The van der Waals surface area contributed by atoms with Crippen LogP contribution < -0.4 is 10.2 Å². The summed E-state index contributed by atoms with van der Waals surface area (Å²) in [6, 6.07) is 25.6. The molecule has 1 aliphatic heterocycles. The maximum atomic E-state index is 13.0. The number of nitrogens with zero attached hydrogens (tertiary/aromatic N) is 3. The third-order valence-corrected chi connectivity index (χ3v) is 6.71. The molecule has 3 aromatic rings. The summed E-state index contributed by atoms with van der Waals surface area (Å²) in [4.78, 5) is 31.9. The predicted octanol–water partition coefficient (Wildman–Crippen LogP) is 4.59. The lowest BCUT2D eigenvalue weighted by Crippen LogP contribution is -2.51. The van der Waals surface area contributed by atoms with Crippen LogP contribution in [0.1, 0.15) is 34.5 Å². The minimum Gasteiger partial charge on any atom is -0.368 e. The standard InChI is InChI=1S/C29H34N4O2/c1-22-9-7-14-27(19-22)32-15-17-33(18-16-32)28(34)21-31(3)23(2)25-12-8-13-26(20-25)30-29(35)24-10-5-4-6-11-24/h4-14,19-20,23H,15-18,21H2,1-3H3,(H,30,35). The highest BCUT2D eigenvalue weighted by Gasteiger charge is 2.24. The minimum absolute atomic E-state index is 0.0288. The maximum absolute atomic E-state index is 13.0. The molecule has 1 heterocycles. The lowest BCUT2D eigenvalue weighted by atomic mass is 10.1. The van der Waals surface area contributed by atoms with Crippen molar-refractivity contribution in [2.24, 2.45) is 0 Å². The van der Waals surface area contributed by atoms with Gasteiger partial charge in [-0.15, -0.1) is 0 Å². The fourth-order valence-corrected chi connectivity index (χ4v) is 4.41. The molecule has 1 N–H and O–H groups in total. The van der Waals surface area contributed by atoms with Crippen molar-refractivity contribution in [1.82, 2.24) is 9.80 Å². The SMILES string of the molecule is Cc1cccc(N2CCN(C(=O)CN(C)C(C)c3cccc(NC(=O)c4ccccc4)c3)CC2)c1. The molecular formula is C29H34N4O2. The number of hydrogen-bond donors (Lipinski definition) is 1. The number of hydrogen-bond acceptors (Lipinski definition) is 4. The van der Waals surface area contributed by atoms with E-state index in [1.165, 1.54) is 11.3 Å². The molecule has 4 rings (SSSR count). The van der Waals surface area contributed by atoms with Gasteiger partial charge < -0.3 is 15.1 Å². The minimum atomic E-state index is -0.135. The Balaban J connectivity index is 1.31. The van der Waals surface area contributed by atoms with Gasteiger partial charge in [0, 0.05) is 49.2 Å². The van der Waals surface area contributed by atoms with Crippen LogP contribution in [0.25, 0.3) is 0 Å². The molecule has 0 aliphatic carbocycles. The molecule has 1 unspecified atom stereocenters. The van der Waals surface area contributed by atoms with E-state index in [9.17, 15) is 9.59 Å². The molecule has 0 saturated carbocycles. The van der Waals surface area contributed by atoms with Crippen molar-refractivity contribution in [3.8, 4) is 0 Å². The van der Waals surface area contributed by atoms with Crippen molar-refractivity contribution < 1.29 is 9.59 Å². The summed E-state index contributed by atoms with van der Waals surface area (Å²) >= 11 is 0. The quantitative estimate of drug-likeness (QED) is 0.549. The molecule has 35 heavy (non-hydrogen) atoms. The van der Waals surface area contributed by atoms with E-state index in [0.717, 1.165) is 37.4 Å². The molecule has 1 aliphatic rings. The highest BCUT2D eigenvalue weighted by atomic mass is 16.2. The van der Waals surface area contributed by atoms with Gasteiger partial charge in [-0.1, -0.05) is 42.5 Å². The number of rotatable bonds is 7. The van der Waals surface area contributed by atoms with Gasteiger partial charge >= 0.3 is 0 Å². The second-order valence-electron chi connectivity index (χ2n) is 9.24. The van der Waals surface area contributed by atoms with Gasteiger partial charge in [-0.25, -0.2) is 0 Å². The first-order chi connectivity index (χ1) is 16.9. The van der Waals surface area contributed by atoms with E-state index >= 15 is 0 Å². The molecule has 0 bridgehead atoms. The van der Waals surface area contributed by atoms with Gasteiger partial charge in [-0.05, 0) is 68.4 Å². The molecule has 1 saturated heterocycles. The number of piperazine rings is 1. The van der Waals surface area contributed by atoms with Crippen molar-refractivity contribution >= 4 is 23.2 Å². The number of aryl methyl sites for hydroxylation is 1. The Hall–Kier alpha value is -3.64. The lowest BCUT2D eigenvalue weighted by molar-refractivity contribution is -0.132. The van der Waals surface area contributed by atoms with E-state index in [2.05, 4.69) is 53.2 Å². The summed E-state index contributed by atoms with van der Waals surface area (Å²) in [5, 5.41) is 2.97.